The Morgan fingerprint density at radius 3 is 1.00 bits per heavy atom. The lowest BCUT2D eigenvalue weighted by Crippen LogP contribution is -2.76. The molecule has 1 radical (unpaired) electrons. The van der Waals surface area contributed by atoms with Gasteiger partial charge in [-0.1, -0.05) is 41.5 Å². The molecule has 0 spiro atoms. The molecule has 0 aromatic rings. The number of piperidine rings is 1. The molecule has 0 aliphatic carbocycles. The van der Waals surface area contributed by atoms with Crippen LogP contribution in [0.25, 0.3) is 0 Å². The highest BCUT2D eigenvalue weighted by molar-refractivity contribution is 5.17. The highest BCUT2D eigenvalue weighted by atomic mass is 16.5. The summed E-state index contributed by atoms with van der Waals surface area (Å²) in [5.41, 5.74) is -0.763. The molecule has 1 aliphatic rings. The summed E-state index contributed by atoms with van der Waals surface area (Å²) in [6.07, 6.45) is 0. The SMILES string of the molecule is CC1(C)N([O])C(C)(C)C(C)(C)C(C)(C)C1(C)C. The lowest BCUT2D eigenvalue weighted by atomic mass is 9.42. The summed E-state index contributed by atoms with van der Waals surface area (Å²) in [4.78, 5) is 0. The minimum absolute atomic E-state index is 0.0548. The molecule has 0 amide bonds. The van der Waals surface area contributed by atoms with Crippen LogP contribution in [0.2, 0.25) is 0 Å². The second-order valence-corrected chi connectivity index (χ2v) is 8.29. The molecule has 1 aliphatic heterocycles. The summed E-state index contributed by atoms with van der Waals surface area (Å²) >= 11 is 0. The van der Waals surface area contributed by atoms with Crippen molar-refractivity contribution in [2.24, 2.45) is 16.2 Å². The maximum atomic E-state index is 12.8. The van der Waals surface area contributed by atoms with Gasteiger partial charge in [-0.25, -0.2) is 0 Å². The molecule has 0 aromatic heterocycles. The molecule has 2 heteroatoms. The Kier molecular flexibility index (Phi) is 2.88. The van der Waals surface area contributed by atoms with Crippen LogP contribution in [0.4, 0.5) is 0 Å². The summed E-state index contributed by atoms with van der Waals surface area (Å²) in [7, 11) is 0. The molecule has 0 aromatic carbocycles. The third-order valence-corrected chi connectivity index (χ3v) is 7.20. The van der Waals surface area contributed by atoms with Gasteiger partial charge in [0.25, 0.3) is 0 Å². The van der Waals surface area contributed by atoms with Crippen LogP contribution in [0.3, 0.4) is 0 Å². The van der Waals surface area contributed by atoms with Gasteiger partial charge in [0.15, 0.2) is 0 Å². The predicted molar refractivity (Wildman–Crippen MR) is 72.0 cm³/mol. The van der Waals surface area contributed by atoms with Crippen molar-refractivity contribution in [3.05, 3.63) is 0 Å². The number of nitrogens with zero attached hydrogens (tertiary/aromatic N) is 1. The molecule has 1 saturated heterocycles. The zero-order valence-corrected chi connectivity index (χ0v) is 13.4. The second kappa shape index (κ2) is 3.27. The lowest BCUT2D eigenvalue weighted by molar-refractivity contribution is -0.377. The minimum atomic E-state index is -0.366. The Morgan fingerprint density at radius 1 is 0.529 bits per heavy atom. The Bertz CT molecular complexity index is 294. The fourth-order valence-electron chi connectivity index (χ4n) is 3.52. The molecule has 0 atom stereocenters. The van der Waals surface area contributed by atoms with Gasteiger partial charge in [0.05, 0.1) is 0 Å². The van der Waals surface area contributed by atoms with Gasteiger partial charge >= 0.3 is 0 Å². The molecule has 0 saturated carbocycles. The molecule has 17 heavy (non-hydrogen) atoms. The molecule has 1 rings (SSSR count). The lowest BCUT2D eigenvalue weighted by Gasteiger charge is -2.71. The van der Waals surface area contributed by atoms with Gasteiger partial charge in [0.1, 0.15) is 0 Å². The van der Waals surface area contributed by atoms with Crippen molar-refractivity contribution in [1.29, 1.82) is 0 Å². The monoisotopic (exact) mass is 240 g/mol. The third-order valence-electron chi connectivity index (χ3n) is 7.20. The first-order valence-corrected chi connectivity index (χ1v) is 6.63. The van der Waals surface area contributed by atoms with Crippen LogP contribution in [0, 0.1) is 16.2 Å². The van der Waals surface area contributed by atoms with E-state index in [1.807, 2.05) is 0 Å². The van der Waals surface area contributed by atoms with Crippen molar-refractivity contribution in [2.75, 3.05) is 0 Å². The molecule has 0 unspecified atom stereocenters. The summed E-state index contributed by atoms with van der Waals surface area (Å²) < 4.78 is 0. The van der Waals surface area contributed by atoms with Gasteiger partial charge in [-0.2, -0.15) is 0 Å². The number of hydrogen-bond acceptors (Lipinski definition) is 1. The Hall–Kier alpha value is -0.0800. The fourth-order valence-corrected chi connectivity index (χ4v) is 3.52. The normalized spacial score (nSPS) is 33.4. The van der Waals surface area contributed by atoms with E-state index >= 15 is 0 Å². The Balaban J connectivity index is 3.56. The molecule has 101 valence electrons. The van der Waals surface area contributed by atoms with Crippen LogP contribution < -0.4 is 0 Å². The third kappa shape index (κ3) is 1.34. The molecule has 0 N–H and O–H groups in total. The average molecular weight is 240 g/mol. The van der Waals surface area contributed by atoms with Crippen LogP contribution in [-0.2, 0) is 5.21 Å². The molecule has 1 fully saturated rings. The van der Waals surface area contributed by atoms with E-state index in [1.54, 1.807) is 0 Å². The Labute approximate surface area is 107 Å². The highest BCUT2D eigenvalue weighted by Crippen LogP contribution is 2.66. The first kappa shape index (κ1) is 15.0. The first-order chi connectivity index (χ1) is 7.15. The van der Waals surface area contributed by atoms with Crippen molar-refractivity contribution in [1.82, 2.24) is 5.06 Å². The van der Waals surface area contributed by atoms with E-state index in [1.165, 1.54) is 5.06 Å². The van der Waals surface area contributed by atoms with Gasteiger partial charge in [0, 0.05) is 11.1 Å². The first-order valence-electron chi connectivity index (χ1n) is 6.63. The molecule has 0 bridgehead atoms. The zero-order chi connectivity index (χ0) is 14.1. The van der Waals surface area contributed by atoms with Crippen LogP contribution in [0.1, 0.15) is 69.2 Å². The molecular formula is C15H30NO. The van der Waals surface area contributed by atoms with E-state index in [2.05, 4.69) is 69.2 Å². The van der Waals surface area contributed by atoms with E-state index in [4.69, 9.17) is 0 Å². The maximum absolute atomic E-state index is 12.8. The molecule has 2 nitrogen and oxygen atoms in total. The highest BCUT2D eigenvalue weighted by Gasteiger charge is 2.68. The Morgan fingerprint density at radius 2 is 0.765 bits per heavy atom. The minimum Gasteiger partial charge on any atom is -0.143 e. The number of hydroxylamine groups is 2. The summed E-state index contributed by atoms with van der Waals surface area (Å²) in [5.74, 6) is 0. The van der Waals surface area contributed by atoms with Crippen molar-refractivity contribution < 1.29 is 5.21 Å². The second-order valence-electron chi connectivity index (χ2n) is 8.29. The van der Waals surface area contributed by atoms with Crippen LogP contribution in [0.5, 0.6) is 0 Å². The summed E-state index contributed by atoms with van der Waals surface area (Å²) in [6, 6.07) is 0. The average Bonchev–Trinajstić information content (AvgIpc) is 2.13. The van der Waals surface area contributed by atoms with Gasteiger partial charge < -0.3 is 0 Å². The van der Waals surface area contributed by atoms with Crippen molar-refractivity contribution in [2.45, 2.75) is 80.3 Å². The van der Waals surface area contributed by atoms with Crippen molar-refractivity contribution in [3.8, 4) is 0 Å². The van der Waals surface area contributed by atoms with Crippen LogP contribution >= 0.6 is 0 Å². The van der Waals surface area contributed by atoms with Crippen molar-refractivity contribution in [3.63, 3.8) is 0 Å². The standard InChI is InChI=1S/C15H30NO/c1-11(2)12(3,4)14(7,8)16(17)15(9,10)13(11,5)6/h1-10H3. The topological polar surface area (TPSA) is 23.1 Å². The largest absolute Gasteiger partial charge is 0.143 e. The summed E-state index contributed by atoms with van der Waals surface area (Å²) in [5, 5.41) is 14.1. The van der Waals surface area contributed by atoms with Gasteiger partial charge in [0.2, 0.25) is 0 Å². The maximum Gasteiger partial charge on any atom is 0.0500 e. The van der Waals surface area contributed by atoms with E-state index in [-0.39, 0.29) is 27.3 Å². The number of hydrogen-bond donors (Lipinski definition) is 0. The molecular weight excluding hydrogens is 210 g/mol. The number of rotatable bonds is 0. The smallest absolute Gasteiger partial charge is 0.0500 e. The van der Waals surface area contributed by atoms with E-state index in [0.29, 0.717) is 0 Å². The van der Waals surface area contributed by atoms with Crippen molar-refractivity contribution >= 4 is 0 Å². The quantitative estimate of drug-likeness (QED) is 0.619. The van der Waals surface area contributed by atoms with E-state index in [0.717, 1.165) is 0 Å². The van der Waals surface area contributed by atoms with Gasteiger partial charge in [-0.05, 0) is 43.9 Å². The van der Waals surface area contributed by atoms with Gasteiger partial charge in [-0.3, -0.25) is 0 Å². The fraction of sp³-hybridized carbons (Fsp3) is 1.00. The van der Waals surface area contributed by atoms with E-state index < -0.39 is 0 Å². The zero-order valence-electron chi connectivity index (χ0n) is 13.4. The predicted octanol–water partition coefficient (Wildman–Crippen LogP) is 4.28. The van der Waals surface area contributed by atoms with Gasteiger partial charge in [-0.15, -0.1) is 10.3 Å². The van der Waals surface area contributed by atoms with E-state index in [9.17, 15) is 5.21 Å². The van der Waals surface area contributed by atoms with Crippen LogP contribution in [0.15, 0.2) is 0 Å². The van der Waals surface area contributed by atoms with Crippen LogP contribution in [-0.4, -0.2) is 16.1 Å². The molecule has 1 heterocycles. The summed E-state index contributed by atoms with van der Waals surface area (Å²) in [6.45, 7) is 21.9.